The number of aromatic nitrogens is 2. The molecular weight excluding hydrogens is 362 g/mol. The monoisotopic (exact) mass is 373 g/mol. The molecule has 106 valence electrons. The predicted molar refractivity (Wildman–Crippen MR) is 85.5 cm³/mol. The number of hydrogen-bond acceptors (Lipinski definition) is 5. The van der Waals surface area contributed by atoms with E-state index in [1.54, 1.807) is 12.4 Å². The standard InChI is InChI=1S/C13H13BrClN3OS/c14-9-6-17-13(18-7-9)20-12-4-2-1-3-11(12)16-8-10(19)5-15/h1-4,6-7,10,16,19H,5,8H2. The second kappa shape index (κ2) is 7.83. The van der Waals surface area contributed by atoms with Crippen molar-refractivity contribution in [1.29, 1.82) is 0 Å². The number of aliphatic hydroxyl groups excluding tert-OH is 1. The minimum Gasteiger partial charge on any atom is -0.390 e. The van der Waals surface area contributed by atoms with Crippen LogP contribution >= 0.6 is 39.3 Å². The molecule has 0 aliphatic rings. The molecule has 0 aliphatic heterocycles. The SMILES string of the molecule is OC(CCl)CNc1ccccc1Sc1ncc(Br)cn1. The molecule has 2 N–H and O–H groups in total. The van der Waals surface area contributed by atoms with Crippen LogP contribution in [-0.4, -0.2) is 33.6 Å². The van der Waals surface area contributed by atoms with Gasteiger partial charge in [0.05, 0.1) is 16.5 Å². The van der Waals surface area contributed by atoms with E-state index in [-0.39, 0.29) is 5.88 Å². The number of alkyl halides is 1. The minimum atomic E-state index is -0.571. The summed E-state index contributed by atoms with van der Waals surface area (Å²) in [5, 5.41) is 13.3. The van der Waals surface area contributed by atoms with Crippen molar-refractivity contribution in [2.75, 3.05) is 17.7 Å². The first-order valence-corrected chi connectivity index (χ1v) is 8.06. The van der Waals surface area contributed by atoms with Gasteiger partial charge in [0.25, 0.3) is 0 Å². The largest absolute Gasteiger partial charge is 0.390 e. The van der Waals surface area contributed by atoms with E-state index < -0.39 is 6.10 Å². The van der Waals surface area contributed by atoms with E-state index in [2.05, 4.69) is 31.2 Å². The molecule has 7 heteroatoms. The lowest BCUT2D eigenvalue weighted by atomic mass is 10.3. The number of rotatable bonds is 6. The molecule has 0 fully saturated rings. The number of hydrogen-bond donors (Lipinski definition) is 2. The van der Waals surface area contributed by atoms with Gasteiger partial charge in [-0.1, -0.05) is 12.1 Å². The number of para-hydroxylation sites is 1. The van der Waals surface area contributed by atoms with Crippen LogP contribution in [-0.2, 0) is 0 Å². The number of nitrogens with zero attached hydrogens (tertiary/aromatic N) is 2. The Morgan fingerprint density at radius 1 is 1.30 bits per heavy atom. The Morgan fingerprint density at radius 2 is 2.00 bits per heavy atom. The molecule has 0 amide bonds. The van der Waals surface area contributed by atoms with E-state index in [9.17, 15) is 5.11 Å². The number of nitrogens with one attached hydrogen (secondary N) is 1. The lowest BCUT2D eigenvalue weighted by molar-refractivity contribution is 0.211. The van der Waals surface area contributed by atoms with E-state index in [0.717, 1.165) is 15.1 Å². The minimum absolute atomic E-state index is 0.206. The van der Waals surface area contributed by atoms with Gasteiger partial charge in [-0.05, 0) is 39.8 Å². The molecule has 0 aliphatic carbocycles. The Morgan fingerprint density at radius 3 is 2.70 bits per heavy atom. The van der Waals surface area contributed by atoms with Crippen molar-refractivity contribution < 1.29 is 5.11 Å². The fourth-order valence-electron chi connectivity index (χ4n) is 1.44. The number of halogens is 2. The average Bonchev–Trinajstić information content (AvgIpc) is 2.48. The fourth-order valence-corrected chi connectivity index (χ4v) is 2.55. The highest BCUT2D eigenvalue weighted by atomic mass is 79.9. The molecule has 0 saturated carbocycles. The zero-order chi connectivity index (χ0) is 14.4. The van der Waals surface area contributed by atoms with Crippen molar-refractivity contribution >= 4 is 45.0 Å². The van der Waals surface area contributed by atoms with E-state index in [0.29, 0.717) is 11.7 Å². The summed E-state index contributed by atoms with van der Waals surface area (Å²) in [5.41, 5.74) is 0.924. The zero-order valence-electron chi connectivity index (χ0n) is 10.5. The van der Waals surface area contributed by atoms with Gasteiger partial charge in [-0.25, -0.2) is 9.97 Å². The predicted octanol–water partition coefficient (Wildman–Crippen LogP) is 3.40. The van der Waals surface area contributed by atoms with Gasteiger partial charge in [0.2, 0.25) is 0 Å². The van der Waals surface area contributed by atoms with E-state index in [4.69, 9.17) is 11.6 Å². The van der Waals surface area contributed by atoms with Crippen LogP contribution in [0.2, 0.25) is 0 Å². The summed E-state index contributed by atoms with van der Waals surface area (Å²) in [4.78, 5) is 9.46. The number of anilines is 1. The second-order valence-electron chi connectivity index (χ2n) is 3.97. The highest BCUT2D eigenvalue weighted by molar-refractivity contribution is 9.10. The first kappa shape index (κ1) is 15.6. The Labute approximate surface area is 135 Å². The van der Waals surface area contributed by atoms with Crippen molar-refractivity contribution in [3.05, 3.63) is 41.1 Å². The first-order valence-electron chi connectivity index (χ1n) is 5.91. The third kappa shape index (κ3) is 4.63. The van der Waals surface area contributed by atoms with Gasteiger partial charge in [-0.2, -0.15) is 0 Å². The van der Waals surface area contributed by atoms with Crippen LogP contribution in [0.5, 0.6) is 0 Å². The van der Waals surface area contributed by atoms with Crippen LogP contribution in [0, 0.1) is 0 Å². The van der Waals surface area contributed by atoms with Gasteiger partial charge < -0.3 is 10.4 Å². The fraction of sp³-hybridized carbons (Fsp3) is 0.231. The number of aliphatic hydroxyl groups is 1. The maximum absolute atomic E-state index is 9.50. The summed E-state index contributed by atoms with van der Waals surface area (Å²) in [6.07, 6.45) is 2.85. The first-order chi connectivity index (χ1) is 9.69. The molecule has 1 unspecified atom stereocenters. The smallest absolute Gasteiger partial charge is 0.192 e. The van der Waals surface area contributed by atoms with Crippen LogP contribution < -0.4 is 5.32 Å². The van der Waals surface area contributed by atoms with Gasteiger partial charge in [0.15, 0.2) is 5.16 Å². The Hall–Kier alpha value is -0.820. The summed E-state index contributed by atoms with van der Waals surface area (Å²) >= 11 is 10.4. The van der Waals surface area contributed by atoms with Crippen molar-refractivity contribution in [1.82, 2.24) is 9.97 Å². The summed E-state index contributed by atoms with van der Waals surface area (Å²) < 4.78 is 0.846. The van der Waals surface area contributed by atoms with Crippen molar-refractivity contribution in [3.8, 4) is 0 Å². The molecule has 0 saturated heterocycles. The van der Waals surface area contributed by atoms with Crippen LogP contribution in [0.25, 0.3) is 0 Å². The molecule has 0 radical (unpaired) electrons. The molecular formula is C13H13BrClN3OS. The Bertz CT molecular complexity index is 556. The van der Waals surface area contributed by atoms with Gasteiger partial charge in [0, 0.05) is 29.5 Å². The summed E-state index contributed by atoms with van der Waals surface area (Å²) in [6.45, 7) is 0.405. The normalized spacial score (nSPS) is 12.2. The molecule has 4 nitrogen and oxygen atoms in total. The van der Waals surface area contributed by atoms with Crippen LogP contribution in [0.4, 0.5) is 5.69 Å². The molecule has 0 bridgehead atoms. The van der Waals surface area contributed by atoms with Crippen LogP contribution in [0.1, 0.15) is 0 Å². The molecule has 1 aromatic carbocycles. The third-order valence-electron chi connectivity index (χ3n) is 2.39. The van der Waals surface area contributed by atoms with E-state index in [1.807, 2.05) is 24.3 Å². The molecule has 1 aromatic heterocycles. The molecule has 20 heavy (non-hydrogen) atoms. The van der Waals surface area contributed by atoms with Crippen LogP contribution in [0.15, 0.2) is 51.2 Å². The average molecular weight is 375 g/mol. The Kier molecular flexibility index (Phi) is 6.09. The summed E-state index contributed by atoms with van der Waals surface area (Å²) in [6, 6.07) is 7.81. The summed E-state index contributed by atoms with van der Waals surface area (Å²) in [7, 11) is 0. The highest BCUT2D eigenvalue weighted by Crippen LogP contribution is 2.31. The Balaban J connectivity index is 2.09. The van der Waals surface area contributed by atoms with Crippen LogP contribution in [0.3, 0.4) is 0 Å². The summed E-state index contributed by atoms with van der Waals surface area (Å²) in [5.74, 6) is 0.206. The zero-order valence-corrected chi connectivity index (χ0v) is 13.6. The van der Waals surface area contributed by atoms with Gasteiger partial charge >= 0.3 is 0 Å². The van der Waals surface area contributed by atoms with Crippen molar-refractivity contribution in [2.45, 2.75) is 16.2 Å². The van der Waals surface area contributed by atoms with Crippen molar-refractivity contribution in [2.24, 2.45) is 0 Å². The maximum atomic E-state index is 9.50. The maximum Gasteiger partial charge on any atom is 0.192 e. The molecule has 0 spiro atoms. The third-order valence-corrected chi connectivity index (χ3v) is 4.13. The van der Waals surface area contributed by atoms with Gasteiger partial charge in [0.1, 0.15) is 0 Å². The number of benzene rings is 1. The molecule has 2 aromatic rings. The lowest BCUT2D eigenvalue weighted by Crippen LogP contribution is -2.20. The highest BCUT2D eigenvalue weighted by Gasteiger charge is 2.07. The van der Waals surface area contributed by atoms with Gasteiger partial charge in [-0.3, -0.25) is 0 Å². The van der Waals surface area contributed by atoms with E-state index >= 15 is 0 Å². The second-order valence-corrected chi connectivity index (χ2v) is 6.20. The molecule has 1 heterocycles. The van der Waals surface area contributed by atoms with Gasteiger partial charge in [-0.15, -0.1) is 11.6 Å². The topological polar surface area (TPSA) is 58.0 Å². The lowest BCUT2D eigenvalue weighted by Gasteiger charge is -2.13. The van der Waals surface area contributed by atoms with Crippen molar-refractivity contribution in [3.63, 3.8) is 0 Å². The molecule has 2 rings (SSSR count). The quantitative estimate of drug-likeness (QED) is 0.599. The molecule has 1 atom stereocenters. The van der Waals surface area contributed by atoms with E-state index in [1.165, 1.54) is 11.8 Å².